The van der Waals surface area contributed by atoms with Gasteiger partial charge in [0.05, 0.1) is 0 Å². The Balaban J connectivity index is 2.31. The Hall–Kier alpha value is -1.08. The van der Waals surface area contributed by atoms with Crippen molar-refractivity contribution in [2.24, 2.45) is 0 Å². The van der Waals surface area contributed by atoms with Crippen LogP contribution in [0, 0.1) is 21.0 Å². The number of nitrogens with one attached hydrogen (secondary N) is 1. The summed E-state index contributed by atoms with van der Waals surface area (Å²) in [5, 5.41) is 3.06. The zero-order chi connectivity index (χ0) is 14.7. The molecule has 0 saturated heterocycles. The fourth-order valence-corrected chi connectivity index (χ4v) is 2.92. The summed E-state index contributed by atoms with van der Waals surface area (Å²) in [6.45, 7) is 0. The first-order valence-corrected chi connectivity index (χ1v) is 7.15. The lowest BCUT2D eigenvalue weighted by Gasteiger charge is -2.19. The van der Waals surface area contributed by atoms with Crippen molar-refractivity contribution in [1.29, 1.82) is 0 Å². The van der Waals surface area contributed by atoms with Gasteiger partial charge in [0.15, 0.2) is 0 Å². The largest absolute Gasteiger partial charge is 0.313 e. The minimum atomic E-state index is -0.468. The van der Waals surface area contributed by atoms with E-state index in [1.807, 2.05) is 22.6 Å². The molecule has 2 aromatic rings. The van der Waals surface area contributed by atoms with E-state index < -0.39 is 11.6 Å². The zero-order valence-electron chi connectivity index (χ0n) is 10.8. The summed E-state index contributed by atoms with van der Waals surface area (Å²) in [6, 6.07) is 7.64. The maximum absolute atomic E-state index is 13.7. The first-order chi connectivity index (χ1) is 9.51. The third-order valence-electron chi connectivity index (χ3n) is 3.12. The fourth-order valence-electron chi connectivity index (χ4n) is 2.07. The highest BCUT2D eigenvalue weighted by Crippen LogP contribution is 2.25. The lowest BCUT2D eigenvalue weighted by molar-refractivity contribution is 0.541. The number of hydrogen-bond acceptors (Lipinski definition) is 1. The first kappa shape index (κ1) is 15.3. The van der Waals surface area contributed by atoms with Gasteiger partial charge in [-0.3, -0.25) is 0 Å². The lowest BCUT2D eigenvalue weighted by Crippen LogP contribution is -2.20. The van der Waals surface area contributed by atoms with Crippen LogP contribution in [0.5, 0.6) is 0 Å². The Bertz CT molecular complexity index is 616. The number of hydrogen-bond donors (Lipinski definition) is 1. The molecule has 0 aromatic heterocycles. The van der Waals surface area contributed by atoms with Crippen LogP contribution in [-0.2, 0) is 6.42 Å². The van der Waals surface area contributed by atoms with Gasteiger partial charge in [0.2, 0.25) is 0 Å². The van der Waals surface area contributed by atoms with E-state index in [0.29, 0.717) is 12.0 Å². The summed E-state index contributed by atoms with van der Waals surface area (Å²) < 4.78 is 40.8. The van der Waals surface area contributed by atoms with Crippen molar-refractivity contribution in [3.05, 3.63) is 68.5 Å². The first-order valence-electron chi connectivity index (χ1n) is 6.07. The number of likely N-dealkylation sites (N-methyl/N-ethyl adjacent to an activating group) is 1. The summed E-state index contributed by atoms with van der Waals surface area (Å²) in [5.74, 6) is -1.22. The van der Waals surface area contributed by atoms with Crippen molar-refractivity contribution in [1.82, 2.24) is 5.32 Å². The molecular formula is C15H13F3IN. The Morgan fingerprint density at radius 3 is 2.35 bits per heavy atom. The second kappa shape index (κ2) is 6.58. The standard InChI is InChI=1S/C15H13F3IN/c1-20-15(12-4-2-11(17)8-14(12)19)7-9-6-10(16)3-5-13(9)18/h2-6,8,15,20H,7H2,1H3. The topological polar surface area (TPSA) is 12.0 Å². The molecule has 1 unspecified atom stereocenters. The molecule has 1 nitrogen and oxygen atoms in total. The van der Waals surface area contributed by atoms with Crippen LogP contribution in [0.2, 0.25) is 0 Å². The fraction of sp³-hybridized carbons (Fsp3) is 0.200. The van der Waals surface area contributed by atoms with Gasteiger partial charge < -0.3 is 5.32 Å². The number of halogens is 4. The molecule has 0 aliphatic carbocycles. The van der Waals surface area contributed by atoms with Crippen LogP contribution in [-0.4, -0.2) is 7.05 Å². The molecule has 5 heteroatoms. The van der Waals surface area contributed by atoms with Crippen LogP contribution in [0.4, 0.5) is 13.2 Å². The SMILES string of the molecule is CNC(Cc1cc(F)ccc1F)c1ccc(F)cc1I. The van der Waals surface area contributed by atoms with E-state index in [-0.39, 0.29) is 11.9 Å². The van der Waals surface area contributed by atoms with Gasteiger partial charge in [-0.1, -0.05) is 6.07 Å². The molecule has 1 N–H and O–H groups in total. The molecule has 106 valence electrons. The monoisotopic (exact) mass is 391 g/mol. The minimum absolute atomic E-state index is 0.209. The van der Waals surface area contributed by atoms with Crippen molar-refractivity contribution in [2.45, 2.75) is 12.5 Å². The third-order valence-corrected chi connectivity index (χ3v) is 4.05. The summed E-state index contributed by atoms with van der Waals surface area (Å²) in [5.41, 5.74) is 1.16. The Labute approximate surface area is 129 Å². The number of benzene rings is 2. The van der Waals surface area contributed by atoms with Crippen molar-refractivity contribution in [3.8, 4) is 0 Å². The van der Waals surface area contributed by atoms with Crippen LogP contribution < -0.4 is 5.32 Å². The van der Waals surface area contributed by atoms with Gasteiger partial charge in [0, 0.05) is 9.61 Å². The van der Waals surface area contributed by atoms with Gasteiger partial charge in [-0.25, -0.2) is 13.2 Å². The van der Waals surface area contributed by atoms with E-state index in [1.165, 1.54) is 18.2 Å². The molecule has 0 saturated carbocycles. The quantitative estimate of drug-likeness (QED) is 0.771. The predicted molar refractivity (Wildman–Crippen MR) is 81.0 cm³/mol. The maximum atomic E-state index is 13.7. The third kappa shape index (κ3) is 3.52. The molecule has 0 aliphatic rings. The molecule has 0 amide bonds. The second-order valence-corrected chi connectivity index (χ2v) is 5.61. The molecule has 0 fully saturated rings. The van der Waals surface area contributed by atoms with E-state index in [2.05, 4.69) is 5.32 Å². The van der Waals surface area contributed by atoms with E-state index in [0.717, 1.165) is 21.3 Å². The van der Waals surface area contributed by atoms with Crippen LogP contribution >= 0.6 is 22.6 Å². The van der Waals surface area contributed by atoms with Crippen molar-refractivity contribution < 1.29 is 13.2 Å². The molecule has 0 heterocycles. The van der Waals surface area contributed by atoms with Gasteiger partial charge in [-0.15, -0.1) is 0 Å². The lowest BCUT2D eigenvalue weighted by atomic mass is 9.98. The molecule has 1 atom stereocenters. The average molecular weight is 391 g/mol. The summed E-state index contributed by atoms with van der Waals surface area (Å²) >= 11 is 2.03. The number of rotatable bonds is 4. The smallest absolute Gasteiger partial charge is 0.126 e. The van der Waals surface area contributed by atoms with Gasteiger partial charge in [-0.05, 0) is 77.5 Å². The van der Waals surface area contributed by atoms with Crippen LogP contribution in [0.15, 0.2) is 36.4 Å². The van der Waals surface area contributed by atoms with Gasteiger partial charge in [0.1, 0.15) is 17.5 Å². The summed E-state index contributed by atoms with van der Waals surface area (Å²) in [6.07, 6.45) is 0.293. The average Bonchev–Trinajstić information content (AvgIpc) is 2.40. The highest BCUT2D eigenvalue weighted by Gasteiger charge is 2.16. The normalized spacial score (nSPS) is 12.4. The molecule has 2 rings (SSSR count). The van der Waals surface area contributed by atoms with Crippen molar-refractivity contribution in [2.75, 3.05) is 7.05 Å². The molecule has 0 bridgehead atoms. The van der Waals surface area contributed by atoms with Gasteiger partial charge >= 0.3 is 0 Å². The Kier molecular flexibility index (Phi) is 5.04. The molecule has 0 radical (unpaired) electrons. The summed E-state index contributed by atoms with van der Waals surface area (Å²) in [4.78, 5) is 0. The van der Waals surface area contributed by atoms with E-state index >= 15 is 0 Å². The molecule has 2 aromatic carbocycles. The van der Waals surface area contributed by atoms with Crippen molar-refractivity contribution >= 4 is 22.6 Å². The molecule has 0 spiro atoms. The summed E-state index contributed by atoms with van der Waals surface area (Å²) in [7, 11) is 1.74. The predicted octanol–water partition coefficient (Wildman–Crippen LogP) is 4.21. The minimum Gasteiger partial charge on any atom is -0.313 e. The molecule has 20 heavy (non-hydrogen) atoms. The second-order valence-electron chi connectivity index (χ2n) is 4.45. The van der Waals surface area contributed by atoms with Gasteiger partial charge in [-0.2, -0.15) is 0 Å². The Morgan fingerprint density at radius 1 is 1.05 bits per heavy atom. The van der Waals surface area contributed by atoms with Gasteiger partial charge in [0.25, 0.3) is 0 Å². The van der Waals surface area contributed by atoms with E-state index in [9.17, 15) is 13.2 Å². The van der Waals surface area contributed by atoms with E-state index in [1.54, 1.807) is 13.1 Å². The van der Waals surface area contributed by atoms with E-state index in [4.69, 9.17) is 0 Å². The van der Waals surface area contributed by atoms with Crippen molar-refractivity contribution in [3.63, 3.8) is 0 Å². The van der Waals surface area contributed by atoms with Crippen LogP contribution in [0.1, 0.15) is 17.2 Å². The zero-order valence-corrected chi connectivity index (χ0v) is 12.9. The van der Waals surface area contributed by atoms with Crippen LogP contribution in [0.3, 0.4) is 0 Å². The van der Waals surface area contributed by atoms with Crippen LogP contribution in [0.25, 0.3) is 0 Å². The highest BCUT2D eigenvalue weighted by molar-refractivity contribution is 14.1. The molecule has 0 aliphatic heterocycles. The highest BCUT2D eigenvalue weighted by atomic mass is 127. The Morgan fingerprint density at radius 2 is 1.70 bits per heavy atom. The maximum Gasteiger partial charge on any atom is 0.126 e. The molecular weight excluding hydrogens is 378 g/mol.